The summed E-state index contributed by atoms with van der Waals surface area (Å²) in [6.07, 6.45) is 3.49. The number of fused-ring (bicyclic) bond motifs is 1. The van der Waals surface area contributed by atoms with Crippen LogP contribution in [-0.4, -0.2) is 4.92 Å². The Balaban J connectivity index is 2.80. The zero-order valence-electron chi connectivity index (χ0n) is 8.38. The highest BCUT2D eigenvalue weighted by molar-refractivity contribution is 5.88. The largest absolute Gasteiger partial charge is 0.340 e. The van der Waals surface area contributed by atoms with Crippen molar-refractivity contribution in [2.45, 2.75) is 13.5 Å². The Morgan fingerprint density at radius 3 is 2.73 bits per heavy atom. The van der Waals surface area contributed by atoms with E-state index in [1.54, 1.807) is 12.3 Å². The average molecular weight is 203 g/mol. The van der Waals surface area contributed by atoms with Crippen LogP contribution < -0.4 is 4.57 Å². The van der Waals surface area contributed by atoms with Gasteiger partial charge in [0.15, 0.2) is 6.20 Å². The van der Waals surface area contributed by atoms with Gasteiger partial charge in [0.05, 0.1) is 15.7 Å². The van der Waals surface area contributed by atoms with Crippen LogP contribution in [0.3, 0.4) is 0 Å². The lowest BCUT2D eigenvalue weighted by molar-refractivity contribution is -0.694. The van der Waals surface area contributed by atoms with Crippen molar-refractivity contribution in [3.05, 3.63) is 46.8 Å². The van der Waals surface area contributed by atoms with Gasteiger partial charge in [0, 0.05) is 0 Å². The van der Waals surface area contributed by atoms with Crippen molar-refractivity contribution in [2.24, 2.45) is 0 Å². The molecule has 4 heteroatoms. The third-order valence-corrected chi connectivity index (χ3v) is 2.39. The zero-order valence-corrected chi connectivity index (χ0v) is 8.38. The van der Waals surface area contributed by atoms with Gasteiger partial charge < -0.3 is 0 Å². The summed E-state index contributed by atoms with van der Waals surface area (Å²) >= 11 is 0. The van der Waals surface area contributed by atoms with Gasteiger partial charge in [0.1, 0.15) is 6.54 Å². The van der Waals surface area contributed by atoms with Crippen LogP contribution in [0.15, 0.2) is 36.7 Å². The molecule has 2 rings (SSSR count). The molecule has 0 radical (unpaired) electrons. The van der Waals surface area contributed by atoms with Gasteiger partial charge in [-0.25, -0.2) is 0 Å². The SMILES string of the molecule is CC[n+]1cc([N+](=O)[O-])c2ccccc2c1. The summed E-state index contributed by atoms with van der Waals surface area (Å²) < 4.78 is 1.82. The Labute approximate surface area is 86.9 Å². The summed E-state index contributed by atoms with van der Waals surface area (Å²) in [6.45, 7) is 2.68. The van der Waals surface area contributed by atoms with Gasteiger partial charge in [-0.3, -0.25) is 10.1 Å². The molecule has 0 fully saturated rings. The van der Waals surface area contributed by atoms with E-state index >= 15 is 0 Å². The molecule has 4 nitrogen and oxygen atoms in total. The van der Waals surface area contributed by atoms with Crippen molar-refractivity contribution in [3.8, 4) is 0 Å². The lowest BCUT2D eigenvalue weighted by atomic mass is 10.1. The lowest BCUT2D eigenvalue weighted by Crippen LogP contribution is -2.31. The van der Waals surface area contributed by atoms with Gasteiger partial charge in [0.25, 0.3) is 0 Å². The molecule has 0 aliphatic carbocycles. The van der Waals surface area contributed by atoms with Crippen LogP contribution in [0.4, 0.5) is 5.69 Å². The number of benzene rings is 1. The Kier molecular flexibility index (Phi) is 2.33. The topological polar surface area (TPSA) is 47.0 Å². The van der Waals surface area contributed by atoms with Gasteiger partial charge in [-0.05, 0) is 19.1 Å². The summed E-state index contributed by atoms with van der Waals surface area (Å²) in [5.74, 6) is 0. The number of aryl methyl sites for hydroxylation is 1. The van der Waals surface area contributed by atoms with Crippen molar-refractivity contribution >= 4 is 16.5 Å². The fraction of sp³-hybridized carbons (Fsp3) is 0.182. The van der Waals surface area contributed by atoms with Crippen LogP contribution in [-0.2, 0) is 6.54 Å². The van der Waals surface area contributed by atoms with Crippen molar-refractivity contribution in [1.29, 1.82) is 0 Å². The van der Waals surface area contributed by atoms with E-state index in [0.29, 0.717) is 5.39 Å². The first-order chi connectivity index (χ1) is 7.22. The van der Waals surface area contributed by atoms with E-state index in [2.05, 4.69) is 0 Å². The first-order valence-electron chi connectivity index (χ1n) is 4.78. The highest BCUT2D eigenvalue weighted by Gasteiger charge is 2.17. The molecule has 1 aromatic carbocycles. The van der Waals surface area contributed by atoms with E-state index in [4.69, 9.17) is 0 Å². The number of rotatable bonds is 2. The van der Waals surface area contributed by atoms with Crippen LogP contribution in [0.5, 0.6) is 0 Å². The Bertz CT molecular complexity index is 523. The van der Waals surface area contributed by atoms with Crippen molar-refractivity contribution in [1.82, 2.24) is 0 Å². The molecule has 1 heterocycles. The van der Waals surface area contributed by atoms with Crippen LogP contribution >= 0.6 is 0 Å². The van der Waals surface area contributed by atoms with E-state index in [9.17, 15) is 10.1 Å². The summed E-state index contributed by atoms with van der Waals surface area (Å²) in [6, 6.07) is 7.35. The number of nitrogens with zero attached hydrogens (tertiary/aromatic N) is 2. The van der Waals surface area contributed by atoms with Crippen LogP contribution in [0.2, 0.25) is 0 Å². The predicted molar refractivity (Wildman–Crippen MR) is 56.5 cm³/mol. The maximum Gasteiger partial charge on any atom is 0.340 e. The molecule has 76 valence electrons. The number of nitro groups is 1. The second-order valence-corrected chi connectivity index (χ2v) is 3.32. The first kappa shape index (κ1) is 9.58. The van der Waals surface area contributed by atoms with Gasteiger partial charge in [-0.15, -0.1) is 0 Å². The summed E-state index contributed by atoms with van der Waals surface area (Å²) in [7, 11) is 0. The quantitative estimate of drug-likeness (QED) is 0.426. The molecular weight excluding hydrogens is 192 g/mol. The fourth-order valence-corrected chi connectivity index (χ4v) is 1.61. The third kappa shape index (κ3) is 1.66. The van der Waals surface area contributed by atoms with Crippen LogP contribution in [0, 0.1) is 10.1 Å². The number of pyridine rings is 1. The molecule has 0 atom stereocenters. The molecule has 15 heavy (non-hydrogen) atoms. The normalized spacial score (nSPS) is 10.5. The van der Waals surface area contributed by atoms with E-state index in [1.807, 2.05) is 35.9 Å². The van der Waals surface area contributed by atoms with Gasteiger partial charge in [0.2, 0.25) is 6.20 Å². The standard InChI is InChI=1S/C11H11N2O2/c1-2-12-7-9-5-3-4-6-10(9)11(8-12)13(14)15/h3-8H,2H2,1H3/q+1. The van der Waals surface area contributed by atoms with Gasteiger partial charge >= 0.3 is 5.69 Å². The van der Waals surface area contributed by atoms with E-state index < -0.39 is 0 Å². The molecule has 0 aliphatic heterocycles. The minimum absolute atomic E-state index is 0.162. The predicted octanol–water partition coefficient (Wildman–Crippen LogP) is 2.06. The van der Waals surface area contributed by atoms with Crippen LogP contribution in [0.25, 0.3) is 10.8 Å². The maximum atomic E-state index is 10.9. The fourth-order valence-electron chi connectivity index (χ4n) is 1.61. The molecule has 0 saturated carbocycles. The average Bonchev–Trinajstić information content (AvgIpc) is 2.27. The molecular formula is C11H11N2O2+. The summed E-state index contributed by atoms with van der Waals surface area (Å²) in [5, 5.41) is 12.5. The highest BCUT2D eigenvalue weighted by Crippen LogP contribution is 2.22. The molecule has 1 aromatic heterocycles. The molecule has 0 amide bonds. The number of hydrogen-bond donors (Lipinski definition) is 0. The van der Waals surface area contributed by atoms with E-state index in [1.165, 1.54) is 0 Å². The van der Waals surface area contributed by atoms with E-state index in [0.717, 1.165) is 11.9 Å². The second kappa shape index (κ2) is 3.65. The lowest BCUT2D eigenvalue weighted by Gasteiger charge is -1.98. The highest BCUT2D eigenvalue weighted by atomic mass is 16.6. The summed E-state index contributed by atoms with van der Waals surface area (Å²) in [5.41, 5.74) is 0.162. The van der Waals surface area contributed by atoms with Gasteiger partial charge in [-0.2, -0.15) is 4.57 Å². The van der Waals surface area contributed by atoms with Crippen molar-refractivity contribution in [2.75, 3.05) is 0 Å². The van der Waals surface area contributed by atoms with Crippen molar-refractivity contribution < 1.29 is 9.49 Å². The Hall–Kier alpha value is -1.97. The first-order valence-corrected chi connectivity index (χ1v) is 4.78. The monoisotopic (exact) mass is 203 g/mol. The Morgan fingerprint density at radius 1 is 1.33 bits per heavy atom. The van der Waals surface area contributed by atoms with Crippen LogP contribution in [0.1, 0.15) is 6.92 Å². The minimum Gasteiger partial charge on any atom is -0.258 e. The molecule has 0 unspecified atom stereocenters. The minimum atomic E-state index is -0.339. The molecule has 0 N–H and O–H groups in total. The van der Waals surface area contributed by atoms with E-state index in [-0.39, 0.29) is 10.6 Å². The molecule has 0 bridgehead atoms. The third-order valence-electron chi connectivity index (χ3n) is 2.39. The van der Waals surface area contributed by atoms with Crippen molar-refractivity contribution in [3.63, 3.8) is 0 Å². The Morgan fingerprint density at radius 2 is 2.07 bits per heavy atom. The summed E-state index contributed by atoms with van der Waals surface area (Å²) in [4.78, 5) is 10.5. The number of aromatic nitrogens is 1. The smallest absolute Gasteiger partial charge is 0.258 e. The molecule has 0 aliphatic rings. The molecule has 0 saturated heterocycles. The molecule has 0 spiro atoms. The maximum absolute atomic E-state index is 10.9. The second-order valence-electron chi connectivity index (χ2n) is 3.32. The van der Waals surface area contributed by atoms with Gasteiger partial charge in [-0.1, -0.05) is 12.1 Å². The molecule has 2 aromatic rings. The zero-order chi connectivity index (χ0) is 10.8. The number of hydrogen-bond acceptors (Lipinski definition) is 2.